The molecule has 1 aliphatic carbocycles. The molecule has 1 rings (SSSR count). The molecule has 1 N–H and O–H groups in total. The summed E-state index contributed by atoms with van der Waals surface area (Å²) in [7, 11) is 4.16. The van der Waals surface area contributed by atoms with Crippen LogP contribution in [-0.4, -0.2) is 35.7 Å². The molecule has 0 heterocycles. The van der Waals surface area contributed by atoms with Crippen LogP contribution in [0, 0.1) is 0 Å². The maximum atomic E-state index is 10.2. The van der Waals surface area contributed by atoms with Crippen molar-refractivity contribution < 1.29 is 5.11 Å². The van der Waals surface area contributed by atoms with Gasteiger partial charge < -0.3 is 10.0 Å². The van der Waals surface area contributed by atoms with Crippen molar-refractivity contribution in [2.45, 2.75) is 50.2 Å². The number of hydrogen-bond acceptors (Lipinski definition) is 2. The van der Waals surface area contributed by atoms with E-state index < -0.39 is 0 Å². The molecular formula is C12H23NO. The summed E-state index contributed by atoms with van der Waals surface area (Å²) in [6, 6.07) is 0. The fourth-order valence-electron chi connectivity index (χ4n) is 2.62. The Morgan fingerprint density at radius 1 is 1.36 bits per heavy atom. The summed E-state index contributed by atoms with van der Waals surface area (Å²) < 4.78 is 0. The first-order valence-electron chi connectivity index (χ1n) is 5.60. The van der Waals surface area contributed by atoms with Crippen molar-refractivity contribution >= 4 is 0 Å². The molecule has 1 aliphatic rings. The van der Waals surface area contributed by atoms with Gasteiger partial charge in [-0.25, -0.2) is 0 Å². The Balaban J connectivity index is 2.73. The van der Waals surface area contributed by atoms with Crippen molar-refractivity contribution in [1.29, 1.82) is 0 Å². The molecular weight excluding hydrogens is 174 g/mol. The minimum Gasteiger partial charge on any atom is -0.391 e. The average Bonchev–Trinajstić information content (AvgIpc) is 2.19. The van der Waals surface area contributed by atoms with Gasteiger partial charge in [0.1, 0.15) is 0 Å². The molecule has 0 amide bonds. The highest BCUT2D eigenvalue weighted by molar-refractivity contribution is 4.98. The molecule has 0 spiro atoms. The van der Waals surface area contributed by atoms with Gasteiger partial charge in [-0.3, -0.25) is 0 Å². The van der Waals surface area contributed by atoms with Crippen LogP contribution >= 0.6 is 0 Å². The van der Waals surface area contributed by atoms with Gasteiger partial charge in [-0.15, -0.1) is 6.58 Å². The van der Waals surface area contributed by atoms with E-state index in [-0.39, 0.29) is 11.6 Å². The number of hydrogen-bond donors (Lipinski definition) is 1. The predicted molar refractivity (Wildman–Crippen MR) is 60.3 cm³/mol. The molecule has 14 heavy (non-hydrogen) atoms. The first-order valence-corrected chi connectivity index (χ1v) is 5.60. The number of likely N-dealkylation sites (N-methyl/N-ethyl adjacent to an activating group) is 1. The third-order valence-corrected chi connectivity index (χ3v) is 3.62. The molecule has 0 aromatic heterocycles. The standard InChI is InChI=1S/C12H23NO/c1-4-8-11(14)12(13(2)3)9-6-5-7-10-12/h4,11,14H,1,5-10H2,2-3H3. The second-order valence-corrected chi connectivity index (χ2v) is 4.60. The highest BCUT2D eigenvalue weighted by Gasteiger charge is 2.40. The van der Waals surface area contributed by atoms with Crippen molar-refractivity contribution in [2.24, 2.45) is 0 Å². The Kier molecular flexibility index (Phi) is 4.14. The van der Waals surface area contributed by atoms with E-state index in [9.17, 15) is 5.11 Å². The van der Waals surface area contributed by atoms with Crippen LogP contribution in [-0.2, 0) is 0 Å². The summed E-state index contributed by atoms with van der Waals surface area (Å²) in [5.74, 6) is 0. The normalized spacial score (nSPS) is 23.4. The molecule has 0 bridgehead atoms. The van der Waals surface area contributed by atoms with E-state index in [1.54, 1.807) is 0 Å². The summed E-state index contributed by atoms with van der Waals surface area (Å²) in [6.07, 6.45) is 8.32. The van der Waals surface area contributed by atoms with Crippen LogP contribution in [0.2, 0.25) is 0 Å². The molecule has 1 atom stereocenters. The van der Waals surface area contributed by atoms with E-state index >= 15 is 0 Å². The Labute approximate surface area is 87.6 Å². The van der Waals surface area contributed by atoms with Crippen LogP contribution in [0.5, 0.6) is 0 Å². The van der Waals surface area contributed by atoms with Gasteiger partial charge in [-0.1, -0.05) is 25.3 Å². The van der Waals surface area contributed by atoms with Gasteiger partial charge in [0.15, 0.2) is 0 Å². The zero-order valence-electron chi connectivity index (χ0n) is 9.50. The van der Waals surface area contributed by atoms with Gasteiger partial charge in [0.25, 0.3) is 0 Å². The number of aliphatic hydroxyl groups excluding tert-OH is 1. The molecule has 82 valence electrons. The zero-order chi connectivity index (χ0) is 10.6. The number of rotatable bonds is 4. The fraction of sp³-hybridized carbons (Fsp3) is 0.833. The van der Waals surface area contributed by atoms with E-state index in [2.05, 4.69) is 25.6 Å². The van der Waals surface area contributed by atoms with E-state index in [1.807, 2.05) is 6.08 Å². The topological polar surface area (TPSA) is 23.5 Å². The van der Waals surface area contributed by atoms with Crippen LogP contribution in [0.4, 0.5) is 0 Å². The van der Waals surface area contributed by atoms with Crippen LogP contribution in [0.25, 0.3) is 0 Å². The highest BCUT2D eigenvalue weighted by Crippen LogP contribution is 2.36. The average molecular weight is 197 g/mol. The highest BCUT2D eigenvalue weighted by atomic mass is 16.3. The summed E-state index contributed by atoms with van der Waals surface area (Å²) in [4.78, 5) is 2.21. The maximum absolute atomic E-state index is 10.2. The first-order chi connectivity index (χ1) is 6.63. The molecule has 0 aliphatic heterocycles. The SMILES string of the molecule is C=CCC(O)C1(N(C)C)CCCCC1. The lowest BCUT2D eigenvalue weighted by atomic mass is 9.75. The van der Waals surface area contributed by atoms with Crippen molar-refractivity contribution in [3.8, 4) is 0 Å². The zero-order valence-corrected chi connectivity index (χ0v) is 9.50. The first kappa shape index (κ1) is 11.7. The Morgan fingerprint density at radius 3 is 2.36 bits per heavy atom. The lowest BCUT2D eigenvalue weighted by molar-refractivity contribution is -0.0296. The fourth-order valence-corrected chi connectivity index (χ4v) is 2.62. The van der Waals surface area contributed by atoms with Crippen LogP contribution < -0.4 is 0 Å². The van der Waals surface area contributed by atoms with E-state index in [1.165, 1.54) is 19.3 Å². The van der Waals surface area contributed by atoms with E-state index in [0.717, 1.165) is 12.8 Å². The number of aliphatic hydroxyl groups is 1. The van der Waals surface area contributed by atoms with Gasteiger partial charge in [0.05, 0.1) is 6.10 Å². The van der Waals surface area contributed by atoms with Gasteiger partial charge in [-0.05, 0) is 33.4 Å². The Bertz CT molecular complexity index is 183. The van der Waals surface area contributed by atoms with Crippen molar-refractivity contribution in [3.05, 3.63) is 12.7 Å². The molecule has 0 aromatic carbocycles. The van der Waals surface area contributed by atoms with Gasteiger partial charge in [0, 0.05) is 5.54 Å². The Morgan fingerprint density at radius 2 is 1.93 bits per heavy atom. The van der Waals surface area contributed by atoms with Crippen LogP contribution in [0.1, 0.15) is 38.5 Å². The van der Waals surface area contributed by atoms with Crippen LogP contribution in [0.15, 0.2) is 12.7 Å². The maximum Gasteiger partial charge on any atom is 0.0757 e. The van der Waals surface area contributed by atoms with Gasteiger partial charge in [0.2, 0.25) is 0 Å². The molecule has 0 aromatic rings. The third-order valence-electron chi connectivity index (χ3n) is 3.62. The smallest absolute Gasteiger partial charge is 0.0757 e. The minimum absolute atomic E-state index is 0.00639. The second-order valence-electron chi connectivity index (χ2n) is 4.60. The monoisotopic (exact) mass is 197 g/mol. The van der Waals surface area contributed by atoms with Crippen LogP contribution in [0.3, 0.4) is 0 Å². The van der Waals surface area contributed by atoms with Crippen molar-refractivity contribution in [1.82, 2.24) is 4.90 Å². The molecule has 2 heteroatoms. The van der Waals surface area contributed by atoms with Gasteiger partial charge >= 0.3 is 0 Å². The largest absolute Gasteiger partial charge is 0.391 e. The van der Waals surface area contributed by atoms with Crippen molar-refractivity contribution in [2.75, 3.05) is 14.1 Å². The summed E-state index contributed by atoms with van der Waals surface area (Å²) in [5, 5.41) is 10.2. The van der Waals surface area contributed by atoms with Gasteiger partial charge in [-0.2, -0.15) is 0 Å². The lowest BCUT2D eigenvalue weighted by Gasteiger charge is -2.46. The predicted octanol–water partition coefficient (Wildman–Crippen LogP) is 2.19. The quantitative estimate of drug-likeness (QED) is 0.698. The molecule has 0 radical (unpaired) electrons. The third kappa shape index (κ3) is 2.18. The summed E-state index contributed by atoms with van der Waals surface area (Å²) in [5.41, 5.74) is 0.00639. The molecule has 2 nitrogen and oxygen atoms in total. The van der Waals surface area contributed by atoms with E-state index in [4.69, 9.17) is 0 Å². The second kappa shape index (κ2) is 4.94. The lowest BCUT2D eigenvalue weighted by Crippen LogP contribution is -2.54. The summed E-state index contributed by atoms with van der Waals surface area (Å²) in [6.45, 7) is 3.71. The molecule has 0 saturated heterocycles. The minimum atomic E-state index is -0.254. The number of nitrogens with zero attached hydrogens (tertiary/aromatic N) is 1. The van der Waals surface area contributed by atoms with Crippen molar-refractivity contribution in [3.63, 3.8) is 0 Å². The molecule has 1 unspecified atom stereocenters. The molecule has 1 fully saturated rings. The van der Waals surface area contributed by atoms with E-state index in [0.29, 0.717) is 6.42 Å². The molecule has 1 saturated carbocycles. The summed E-state index contributed by atoms with van der Waals surface area (Å²) >= 11 is 0. The Hall–Kier alpha value is -0.340.